The summed E-state index contributed by atoms with van der Waals surface area (Å²) in [5, 5.41) is 6.55. The molecule has 0 radical (unpaired) electrons. The first-order chi connectivity index (χ1) is 15.7. The molecule has 0 saturated carbocycles. The molecule has 0 fully saturated rings. The average Bonchev–Trinajstić information content (AvgIpc) is 3.18. The lowest BCUT2D eigenvalue weighted by Gasteiger charge is -2.16. The number of hydrogen-bond acceptors (Lipinski definition) is 4. The number of oxime groups is 1. The number of primary amides is 1. The van der Waals surface area contributed by atoms with Crippen molar-refractivity contribution in [3.05, 3.63) is 89.0 Å². The number of carbonyl (C=O) groups is 2. The van der Waals surface area contributed by atoms with Gasteiger partial charge in [-0.2, -0.15) is 0 Å². The van der Waals surface area contributed by atoms with Crippen molar-refractivity contribution in [3.8, 4) is 11.1 Å². The van der Waals surface area contributed by atoms with Crippen LogP contribution < -0.4 is 11.1 Å². The van der Waals surface area contributed by atoms with Gasteiger partial charge in [0.25, 0.3) is 11.8 Å². The highest BCUT2D eigenvalue weighted by Crippen LogP contribution is 2.30. The molecule has 1 aliphatic rings. The summed E-state index contributed by atoms with van der Waals surface area (Å²) in [5.74, 6) is -3.31. The summed E-state index contributed by atoms with van der Waals surface area (Å²) < 4.78 is 27.7. The van der Waals surface area contributed by atoms with Crippen molar-refractivity contribution in [2.75, 3.05) is 5.32 Å². The number of nitrogens with one attached hydrogen (secondary N) is 1. The van der Waals surface area contributed by atoms with Crippen molar-refractivity contribution >= 4 is 23.2 Å². The zero-order valence-corrected chi connectivity index (χ0v) is 18.0. The van der Waals surface area contributed by atoms with Gasteiger partial charge in [0.05, 0.1) is 5.71 Å². The van der Waals surface area contributed by atoms with Crippen LogP contribution in [0.15, 0.2) is 65.8 Å². The van der Waals surface area contributed by atoms with Gasteiger partial charge in [-0.25, -0.2) is 8.78 Å². The predicted molar refractivity (Wildman–Crippen MR) is 121 cm³/mol. The lowest BCUT2D eigenvalue weighted by molar-refractivity contribution is -0.138. The van der Waals surface area contributed by atoms with E-state index in [0.717, 1.165) is 34.4 Å². The zero-order valence-electron chi connectivity index (χ0n) is 18.0. The second-order valence-electron chi connectivity index (χ2n) is 8.06. The molecule has 6 nitrogen and oxygen atoms in total. The number of halogens is 2. The highest BCUT2D eigenvalue weighted by Gasteiger charge is 2.40. The number of aryl methyl sites for hydroxylation is 1. The Morgan fingerprint density at radius 1 is 1.03 bits per heavy atom. The number of anilines is 1. The summed E-state index contributed by atoms with van der Waals surface area (Å²) in [7, 11) is 0. The molecule has 0 bridgehead atoms. The summed E-state index contributed by atoms with van der Waals surface area (Å²) in [6.07, 6.45) is 0.266. The second-order valence-corrected chi connectivity index (χ2v) is 8.06. The molecule has 0 unspecified atom stereocenters. The van der Waals surface area contributed by atoms with Crippen LogP contribution in [-0.2, 0) is 9.63 Å². The molecule has 0 aromatic heterocycles. The van der Waals surface area contributed by atoms with Crippen LogP contribution in [0.2, 0.25) is 0 Å². The van der Waals surface area contributed by atoms with Crippen LogP contribution in [0, 0.1) is 18.6 Å². The van der Waals surface area contributed by atoms with Gasteiger partial charge in [0.15, 0.2) is 0 Å². The Hall–Kier alpha value is -4.07. The standard InChI is InChI=1S/C25H21F2N3O3/c1-14-6-7-16(21-13-25(2,24(28)32)33-30-21)12-18(14)15-8-10-17(11-9-15)29-23(31)22-19(26)4-3-5-20(22)27/h3-12H,13H2,1-2H3,(H2,28,32)(H,29,31)/t25-/m1/s1. The monoisotopic (exact) mass is 449 g/mol. The number of amides is 2. The Morgan fingerprint density at radius 3 is 2.27 bits per heavy atom. The first-order valence-electron chi connectivity index (χ1n) is 10.2. The second kappa shape index (κ2) is 8.46. The fourth-order valence-electron chi connectivity index (χ4n) is 3.58. The smallest absolute Gasteiger partial charge is 0.264 e. The van der Waals surface area contributed by atoms with Crippen LogP contribution >= 0.6 is 0 Å². The number of rotatable bonds is 5. The van der Waals surface area contributed by atoms with E-state index in [1.165, 1.54) is 6.07 Å². The van der Waals surface area contributed by atoms with E-state index in [0.29, 0.717) is 11.4 Å². The summed E-state index contributed by atoms with van der Waals surface area (Å²) in [4.78, 5) is 29.2. The fourth-order valence-corrected chi connectivity index (χ4v) is 3.58. The maximum Gasteiger partial charge on any atom is 0.264 e. The normalized spacial score (nSPS) is 17.3. The summed E-state index contributed by atoms with van der Waals surface area (Å²) in [6.45, 7) is 3.55. The fraction of sp³-hybridized carbons (Fsp3) is 0.160. The van der Waals surface area contributed by atoms with Gasteiger partial charge in [-0.1, -0.05) is 35.5 Å². The third-order valence-electron chi connectivity index (χ3n) is 5.60. The van der Waals surface area contributed by atoms with E-state index in [-0.39, 0.29) is 6.42 Å². The summed E-state index contributed by atoms with van der Waals surface area (Å²) in [5.41, 5.74) is 8.20. The lowest BCUT2D eigenvalue weighted by atomic mass is 9.92. The Balaban J connectivity index is 1.55. The molecule has 33 heavy (non-hydrogen) atoms. The Labute approximate surface area is 189 Å². The number of benzene rings is 3. The maximum absolute atomic E-state index is 13.8. The van der Waals surface area contributed by atoms with Gasteiger partial charge in [0.1, 0.15) is 17.2 Å². The Kier molecular flexibility index (Phi) is 5.68. The quantitative estimate of drug-likeness (QED) is 0.598. The topological polar surface area (TPSA) is 93.8 Å². The van der Waals surface area contributed by atoms with E-state index in [2.05, 4.69) is 10.5 Å². The van der Waals surface area contributed by atoms with Crippen LogP contribution in [0.3, 0.4) is 0 Å². The van der Waals surface area contributed by atoms with E-state index in [1.807, 2.05) is 25.1 Å². The summed E-state index contributed by atoms with van der Waals surface area (Å²) in [6, 6.07) is 15.9. The van der Waals surface area contributed by atoms with Gasteiger partial charge >= 0.3 is 0 Å². The predicted octanol–water partition coefficient (Wildman–Crippen LogP) is 4.56. The van der Waals surface area contributed by atoms with Crippen molar-refractivity contribution in [3.63, 3.8) is 0 Å². The Morgan fingerprint density at radius 2 is 1.67 bits per heavy atom. The molecule has 0 aliphatic carbocycles. The van der Waals surface area contributed by atoms with Gasteiger partial charge in [0.2, 0.25) is 5.60 Å². The molecule has 3 aromatic carbocycles. The average molecular weight is 449 g/mol. The molecule has 168 valence electrons. The highest BCUT2D eigenvalue weighted by molar-refractivity contribution is 6.06. The van der Waals surface area contributed by atoms with Crippen LogP contribution in [-0.4, -0.2) is 23.1 Å². The first-order valence-corrected chi connectivity index (χ1v) is 10.2. The molecular weight excluding hydrogens is 428 g/mol. The maximum atomic E-state index is 13.8. The van der Waals surface area contributed by atoms with Crippen LogP contribution in [0.25, 0.3) is 11.1 Å². The van der Waals surface area contributed by atoms with Crippen LogP contribution in [0.1, 0.15) is 34.8 Å². The molecule has 8 heteroatoms. The van der Waals surface area contributed by atoms with E-state index in [1.54, 1.807) is 31.2 Å². The lowest BCUT2D eigenvalue weighted by Crippen LogP contribution is -2.41. The molecule has 1 atom stereocenters. The Bertz CT molecular complexity index is 1270. The first kappa shape index (κ1) is 22.1. The van der Waals surface area contributed by atoms with Gasteiger partial charge in [-0.3, -0.25) is 9.59 Å². The van der Waals surface area contributed by atoms with Crippen molar-refractivity contribution in [2.24, 2.45) is 10.9 Å². The molecule has 3 N–H and O–H groups in total. The van der Waals surface area contributed by atoms with E-state index in [4.69, 9.17) is 10.6 Å². The van der Waals surface area contributed by atoms with Crippen molar-refractivity contribution in [1.82, 2.24) is 0 Å². The third-order valence-corrected chi connectivity index (χ3v) is 5.60. The van der Waals surface area contributed by atoms with Crippen LogP contribution in [0.4, 0.5) is 14.5 Å². The molecule has 3 aromatic rings. The molecule has 4 rings (SSSR count). The number of nitrogens with two attached hydrogens (primary N) is 1. The summed E-state index contributed by atoms with van der Waals surface area (Å²) >= 11 is 0. The van der Waals surface area contributed by atoms with Gasteiger partial charge in [0, 0.05) is 17.7 Å². The van der Waals surface area contributed by atoms with Crippen LogP contribution in [0.5, 0.6) is 0 Å². The number of carbonyl (C=O) groups excluding carboxylic acids is 2. The highest BCUT2D eigenvalue weighted by atomic mass is 19.1. The van der Waals surface area contributed by atoms with E-state index >= 15 is 0 Å². The minimum atomic E-state index is -1.17. The van der Waals surface area contributed by atoms with Gasteiger partial charge in [-0.05, 0) is 60.9 Å². The van der Waals surface area contributed by atoms with Gasteiger partial charge in [-0.15, -0.1) is 0 Å². The minimum absolute atomic E-state index is 0.266. The molecule has 1 aliphatic heterocycles. The van der Waals surface area contributed by atoms with Crippen molar-refractivity contribution in [1.29, 1.82) is 0 Å². The molecule has 0 saturated heterocycles. The van der Waals surface area contributed by atoms with E-state index < -0.39 is 34.6 Å². The number of nitrogens with zero attached hydrogens (tertiary/aromatic N) is 1. The van der Waals surface area contributed by atoms with Crippen molar-refractivity contribution < 1.29 is 23.2 Å². The minimum Gasteiger partial charge on any atom is -0.379 e. The zero-order chi connectivity index (χ0) is 23.8. The van der Waals surface area contributed by atoms with E-state index in [9.17, 15) is 18.4 Å². The molecule has 1 heterocycles. The third kappa shape index (κ3) is 4.32. The molecular formula is C25H21F2N3O3. The SMILES string of the molecule is Cc1ccc(C2=NO[C@@](C)(C(N)=O)C2)cc1-c1ccc(NC(=O)c2c(F)cccc2F)cc1. The van der Waals surface area contributed by atoms with Crippen molar-refractivity contribution in [2.45, 2.75) is 25.9 Å². The molecule has 2 amide bonds. The van der Waals surface area contributed by atoms with Gasteiger partial charge < -0.3 is 15.9 Å². The molecule has 0 spiro atoms. The number of hydrogen-bond donors (Lipinski definition) is 2. The largest absolute Gasteiger partial charge is 0.379 e.